The van der Waals surface area contributed by atoms with Gasteiger partial charge in [0.1, 0.15) is 5.75 Å². The maximum absolute atomic E-state index is 15.3. The monoisotopic (exact) mass is 695 g/mol. The third kappa shape index (κ3) is 7.27. The molecule has 0 aliphatic heterocycles. The van der Waals surface area contributed by atoms with Crippen molar-refractivity contribution in [1.29, 1.82) is 0 Å². The summed E-state index contributed by atoms with van der Waals surface area (Å²) < 4.78 is 33.3. The Morgan fingerprint density at radius 1 is 0.863 bits per heavy atom. The molecule has 254 valence electrons. The van der Waals surface area contributed by atoms with Gasteiger partial charge < -0.3 is 19.9 Å². The fourth-order valence-corrected chi connectivity index (χ4v) is 6.10. The molecule has 5 aromatic carbocycles. The van der Waals surface area contributed by atoms with Gasteiger partial charge in [-0.3, -0.25) is 4.98 Å². The molecule has 0 amide bonds. The fourth-order valence-electron chi connectivity index (χ4n) is 5.95. The number of nitrogens with zero attached hydrogens (tertiary/aromatic N) is 4. The van der Waals surface area contributed by atoms with E-state index in [0.717, 1.165) is 34.8 Å². The van der Waals surface area contributed by atoms with Crippen LogP contribution in [-0.4, -0.2) is 35.0 Å². The quantitative estimate of drug-likeness (QED) is 0.0471. The largest absolute Gasteiger partial charge is 0.493 e. The van der Waals surface area contributed by atoms with Crippen LogP contribution in [-0.2, 0) is 6.42 Å². The summed E-state index contributed by atoms with van der Waals surface area (Å²) in [6.07, 6.45) is 4.70. The molecule has 10 heteroatoms. The number of fused-ring (bicyclic) bond motifs is 3. The second-order valence-electron chi connectivity index (χ2n) is 11.9. The molecule has 0 saturated heterocycles. The number of hydrogen-bond acceptors (Lipinski definition) is 7. The summed E-state index contributed by atoms with van der Waals surface area (Å²) >= 11 is 5.14. The van der Waals surface area contributed by atoms with Gasteiger partial charge in [-0.1, -0.05) is 48.5 Å². The molecular formula is C41H34FN5O3S. The molecule has 2 N–H and O–H groups in total. The number of thiocarbonyl (C=S) groups is 1. The van der Waals surface area contributed by atoms with Crippen molar-refractivity contribution in [3.05, 3.63) is 138 Å². The Bertz CT molecular complexity index is 2420. The highest BCUT2D eigenvalue weighted by Gasteiger charge is 2.15. The van der Waals surface area contributed by atoms with E-state index in [-0.39, 0.29) is 10.9 Å². The molecule has 7 aromatic rings. The maximum Gasteiger partial charge on any atom is 0.191 e. The molecule has 0 bridgehead atoms. The topological polar surface area (TPSA) is 95.1 Å². The smallest absolute Gasteiger partial charge is 0.191 e. The van der Waals surface area contributed by atoms with Crippen molar-refractivity contribution in [2.45, 2.75) is 19.8 Å². The van der Waals surface area contributed by atoms with Gasteiger partial charge in [-0.2, -0.15) is 5.10 Å². The van der Waals surface area contributed by atoms with Crippen molar-refractivity contribution in [1.82, 2.24) is 9.97 Å². The molecule has 0 aliphatic rings. The highest BCUT2D eigenvalue weighted by atomic mass is 32.1. The van der Waals surface area contributed by atoms with Crippen LogP contribution in [0.1, 0.15) is 23.1 Å². The molecule has 51 heavy (non-hydrogen) atoms. The lowest BCUT2D eigenvalue weighted by molar-refractivity contribution is 0.290. The van der Waals surface area contributed by atoms with Gasteiger partial charge in [0.25, 0.3) is 0 Å². The second-order valence-corrected chi connectivity index (χ2v) is 12.3. The predicted octanol–water partition coefficient (Wildman–Crippen LogP) is 9.28. The molecule has 0 unspecified atom stereocenters. The lowest BCUT2D eigenvalue weighted by Crippen LogP contribution is -2.30. The molecule has 2 heterocycles. The Morgan fingerprint density at radius 3 is 2.49 bits per heavy atom. The van der Waals surface area contributed by atoms with E-state index in [1.165, 1.54) is 28.2 Å². The summed E-state index contributed by atoms with van der Waals surface area (Å²) in [5.74, 6) is 0.973. The first-order valence-electron chi connectivity index (χ1n) is 16.4. The lowest BCUT2D eigenvalue weighted by Gasteiger charge is -2.16. The van der Waals surface area contributed by atoms with E-state index < -0.39 is 5.82 Å². The van der Waals surface area contributed by atoms with Gasteiger partial charge in [0.15, 0.2) is 28.2 Å². The first-order valence-corrected chi connectivity index (χ1v) is 16.8. The number of ether oxygens (including phenoxy) is 3. The van der Waals surface area contributed by atoms with Crippen molar-refractivity contribution >= 4 is 61.9 Å². The Hall–Kier alpha value is -6.13. The van der Waals surface area contributed by atoms with Crippen molar-refractivity contribution in [3.8, 4) is 23.0 Å². The number of nitrogens with two attached hydrogens (primary N) is 1. The van der Waals surface area contributed by atoms with Gasteiger partial charge in [0, 0.05) is 28.4 Å². The van der Waals surface area contributed by atoms with Gasteiger partial charge in [0.2, 0.25) is 0 Å². The van der Waals surface area contributed by atoms with Crippen LogP contribution < -0.4 is 25.0 Å². The number of hydrogen-bond donors (Lipinski definition) is 1. The molecule has 0 spiro atoms. The highest BCUT2D eigenvalue weighted by molar-refractivity contribution is 7.80. The van der Waals surface area contributed by atoms with Crippen LogP contribution in [0.5, 0.6) is 23.0 Å². The van der Waals surface area contributed by atoms with Crippen LogP contribution in [0, 0.1) is 12.7 Å². The minimum atomic E-state index is -0.567. The van der Waals surface area contributed by atoms with Crippen LogP contribution in [0.3, 0.4) is 0 Å². The number of pyridine rings is 2. The highest BCUT2D eigenvalue weighted by Crippen LogP contribution is 2.38. The van der Waals surface area contributed by atoms with E-state index >= 15 is 4.39 Å². The average Bonchev–Trinajstić information content (AvgIpc) is 3.14. The van der Waals surface area contributed by atoms with Crippen molar-refractivity contribution in [2.24, 2.45) is 10.8 Å². The number of methoxy groups -OCH3 is 1. The zero-order valence-corrected chi connectivity index (χ0v) is 28.9. The van der Waals surface area contributed by atoms with Crippen molar-refractivity contribution in [2.75, 3.05) is 18.7 Å². The normalized spacial score (nSPS) is 11.4. The van der Waals surface area contributed by atoms with Gasteiger partial charge in [0.05, 0.1) is 42.2 Å². The molecule has 8 nitrogen and oxygen atoms in total. The van der Waals surface area contributed by atoms with Crippen molar-refractivity contribution < 1.29 is 18.6 Å². The average molecular weight is 696 g/mol. The number of aromatic nitrogens is 2. The van der Waals surface area contributed by atoms with Crippen LogP contribution >= 0.6 is 12.2 Å². The Kier molecular flexibility index (Phi) is 9.67. The molecule has 0 fully saturated rings. The summed E-state index contributed by atoms with van der Waals surface area (Å²) in [7, 11) is 1.58. The Morgan fingerprint density at radius 2 is 1.69 bits per heavy atom. The minimum absolute atomic E-state index is 0.0417. The number of para-hydroxylation sites is 2. The van der Waals surface area contributed by atoms with Crippen LogP contribution in [0.4, 0.5) is 10.1 Å². The summed E-state index contributed by atoms with van der Waals surface area (Å²) in [4.78, 5) is 9.46. The van der Waals surface area contributed by atoms with E-state index in [0.29, 0.717) is 46.0 Å². The number of aryl methyl sites for hydroxylation is 2. The molecule has 7 rings (SSSR count). The third-order valence-corrected chi connectivity index (χ3v) is 8.69. The molecule has 0 saturated carbocycles. The molecule has 0 aliphatic carbocycles. The van der Waals surface area contributed by atoms with Crippen LogP contribution in [0.2, 0.25) is 0 Å². The van der Waals surface area contributed by atoms with Crippen LogP contribution in [0.25, 0.3) is 32.7 Å². The van der Waals surface area contributed by atoms with Gasteiger partial charge in [-0.15, -0.1) is 0 Å². The number of anilines is 1. The fraction of sp³-hybridized carbons (Fsp3) is 0.122. The zero-order valence-electron chi connectivity index (χ0n) is 28.0. The number of benzene rings is 5. The number of halogens is 1. The van der Waals surface area contributed by atoms with E-state index in [4.69, 9.17) is 37.1 Å². The van der Waals surface area contributed by atoms with E-state index in [2.05, 4.69) is 41.3 Å². The first kappa shape index (κ1) is 33.4. The lowest BCUT2D eigenvalue weighted by atomic mass is 9.99. The van der Waals surface area contributed by atoms with E-state index in [9.17, 15) is 0 Å². The van der Waals surface area contributed by atoms with Gasteiger partial charge in [-0.25, -0.2) is 14.4 Å². The Balaban J connectivity index is 1.05. The molecule has 0 atom stereocenters. The van der Waals surface area contributed by atoms with Crippen LogP contribution in [0.15, 0.2) is 120 Å². The number of rotatable bonds is 11. The van der Waals surface area contributed by atoms with Crippen molar-refractivity contribution in [3.63, 3.8) is 0 Å². The SMILES string of the molecule is COc1cc2c(Oc3ccc(/C=N/N(C(N)=S)c4ccccc4)cc3F)ccnc2cc1OCCCc1ccc(C)c2nc3ccccc3cc12. The standard InChI is InChI=1S/C41H34FN5O3S/c1-26-14-16-28(31-22-29-9-6-7-13-34(29)46-40(26)31)10-8-20-49-39-24-35-32(23-38(39)48-2)36(18-19-44-35)50-37-17-15-27(21-33(37)42)25-45-47(41(43)51)30-11-4-3-5-12-30/h3-7,9,11-19,21-25H,8,10,20H2,1-2H3,(H2,43,51)/b45-25+. The van der Waals surface area contributed by atoms with E-state index in [1.807, 2.05) is 54.6 Å². The summed E-state index contributed by atoms with van der Waals surface area (Å²) in [5, 5.41) is 8.75. The summed E-state index contributed by atoms with van der Waals surface area (Å²) in [6.45, 7) is 2.56. The minimum Gasteiger partial charge on any atom is -0.493 e. The second kappa shape index (κ2) is 14.8. The predicted molar refractivity (Wildman–Crippen MR) is 206 cm³/mol. The molecule has 2 aromatic heterocycles. The number of hydrazone groups is 1. The molecule has 0 radical (unpaired) electrons. The van der Waals surface area contributed by atoms with E-state index in [1.54, 1.807) is 37.6 Å². The zero-order chi connectivity index (χ0) is 35.3. The third-order valence-electron chi connectivity index (χ3n) is 8.52. The molecular weight excluding hydrogens is 662 g/mol. The summed E-state index contributed by atoms with van der Waals surface area (Å²) in [6, 6.07) is 33.8. The van der Waals surface area contributed by atoms with Gasteiger partial charge >= 0.3 is 0 Å². The maximum atomic E-state index is 15.3. The summed E-state index contributed by atoms with van der Waals surface area (Å²) in [5.41, 5.74) is 12.1. The Labute approximate surface area is 299 Å². The van der Waals surface area contributed by atoms with Gasteiger partial charge in [-0.05, 0) is 103 Å². The first-order chi connectivity index (χ1) is 24.9.